The number of hydrogen-bond acceptors (Lipinski definition) is 5. The van der Waals surface area contributed by atoms with E-state index >= 15 is 0 Å². The summed E-state index contributed by atoms with van der Waals surface area (Å²) in [5.41, 5.74) is 4.02. The predicted octanol–water partition coefficient (Wildman–Crippen LogP) is 5.13. The highest BCUT2D eigenvalue weighted by Crippen LogP contribution is 2.21. The predicted molar refractivity (Wildman–Crippen MR) is 125 cm³/mol. The molecule has 4 aromatic rings. The number of para-hydroxylation sites is 1. The van der Waals surface area contributed by atoms with Crippen LogP contribution >= 0.6 is 0 Å². The quantitative estimate of drug-likeness (QED) is 0.259. The standard InChI is InChI=1S/C26H22N2O3/c1-17-21(24(29)15-10-18-8-11-20(12-9-18)28(2)3)13-14-23(27-17)22-16-19-6-4-5-7-25(19)31-26(22)30/h4-16H,1-3H3/b15-10+. The van der Waals surface area contributed by atoms with Crippen LogP contribution in [0.2, 0.25) is 0 Å². The Balaban J connectivity index is 1.59. The normalized spacial score (nSPS) is 11.2. The fourth-order valence-corrected chi connectivity index (χ4v) is 3.36. The molecule has 0 saturated heterocycles. The number of nitrogens with zero attached hydrogens (tertiary/aromatic N) is 2. The first kappa shape index (κ1) is 20.3. The monoisotopic (exact) mass is 410 g/mol. The molecule has 5 heteroatoms. The van der Waals surface area contributed by atoms with Gasteiger partial charge < -0.3 is 9.32 Å². The number of allylic oxidation sites excluding steroid dienone is 1. The Bertz CT molecular complexity index is 1350. The van der Waals surface area contributed by atoms with Gasteiger partial charge in [-0.3, -0.25) is 9.78 Å². The highest BCUT2D eigenvalue weighted by molar-refractivity contribution is 6.07. The lowest BCUT2D eigenvalue weighted by Crippen LogP contribution is -2.08. The maximum atomic E-state index is 12.7. The van der Waals surface area contributed by atoms with Crippen LogP contribution in [0.3, 0.4) is 0 Å². The van der Waals surface area contributed by atoms with E-state index < -0.39 is 5.63 Å². The average molecular weight is 410 g/mol. The van der Waals surface area contributed by atoms with E-state index in [0.29, 0.717) is 28.1 Å². The van der Waals surface area contributed by atoms with Gasteiger partial charge in [-0.05, 0) is 55.0 Å². The molecule has 0 amide bonds. The Morgan fingerprint density at radius 3 is 2.45 bits per heavy atom. The number of aryl methyl sites for hydroxylation is 1. The lowest BCUT2D eigenvalue weighted by Gasteiger charge is -2.11. The van der Waals surface area contributed by atoms with Crippen LogP contribution < -0.4 is 10.5 Å². The molecule has 0 fully saturated rings. The van der Waals surface area contributed by atoms with Crippen LogP contribution in [-0.4, -0.2) is 24.9 Å². The first-order chi connectivity index (χ1) is 14.9. The minimum absolute atomic E-state index is 0.140. The van der Waals surface area contributed by atoms with Crippen molar-refractivity contribution in [1.29, 1.82) is 0 Å². The number of fused-ring (bicyclic) bond motifs is 1. The molecule has 2 heterocycles. The van der Waals surface area contributed by atoms with Crippen LogP contribution in [0.15, 0.2) is 82.0 Å². The van der Waals surface area contributed by atoms with Gasteiger partial charge in [-0.2, -0.15) is 0 Å². The summed E-state index contributed by atoms with van der Waals surface area (Å²) < 4.78 is 5.40. The molecule has 0 unspecified atom stereocenters. The molecule has 4 rings (SSSR count). The van der Waals surface area contributed by atoms with E-state index in [0.717, 1.165) is 16.6 Å². The Hall–Kier alpha value is -3.99. The molecule has 2 aromatic carbocycles. The highest BCUT2D eigenvalue weighted by Gasteiger charge is 2.13. The summed E-state index contributed by atoms with van der Waals surface area (Å²) in [6.45, 7) is 1.76. The molecule has 0 atom stereocenters. The summed E-state index contributed by atoms with van der Waals surface area (Å²) in [6.07, 6.45) is 3.33. The molecule has 0 aliphatic heterocycles. The molecular formula is C26H22N2O3. The number of hydrogen-bond donors (Lipinski definition) is 0. The second-order valence-corrected chi connectivity index (χ2v) is 7.50. The fraction of sp³-hybridized carbons (Fsp3) is 0.115. The van der Waals surface area contributed by atoms with Crippen molar-refractivity contribution in [3.63, 3.8) is 0 Å². The lowest BCUT2D eigenvalue weighted by atomic mass is 10.0. The van der Waals surface area contributed by atoms with Crippen molar-refractivity contribution in [3.8, 4) is 11.3 Å². The van der Waals surface area contributed by atoms with Crippen LogP contribution in [0.4, 0.5) is 5.69 Å². The van der Waals surface area contributed by atoms with E-state index in [1.54, 1.807) is 43.3 Å². The van der Waals surface area contributed by atoms with Crippen molar-refractivity contribution in [1.82, 2.24) is 4.98 Å². The Kier molecular flexibility index (Phi) is 5.50. The second-order valence-electron chi connectivity index (χ2n) is 7.50. The van der Waals surface area contributed by atoms with Crippen LogP contribution in [-0.2, 0) is 0 Å². The van der Waals surface area contributed by atoms with Crippen LogP contribution in [0.1, 0.15) is 21.6 Å². The summed E-state index contributed by atoms with van der Waals surface area (Å²) in [4.78, 5) is 31.6. The number of anilines is 1. The number of ketones is 1. The smallest absolute Gasteiger partial charge is 0.345 e. The number of rotatable bonds is 5. The summed E-state index contributed by atoms with van der Waals surface area (Å²) >= 11 is 0. The van der Waals surface area contributed by atoms with Crippen molar-refractivity contribution >= 4 is 28.5 Å². The molecule has 5 nitrogen and oxygen atoms in total. The van der Waals surface area contributed by atoms with Crippen LogP contribution in [0.25, 0.3) is 28.3 Å². The van der Waals surface area contributed by atoms with Crippen molar-refractivity contribution in [2.24, 2.45) is 0 Å². The van der Waals surface area contributed by atoms with Gasteiger partial charge in [-0.1, -0.05) is 36.4 Å². The van der Waals surface area contributed by atoms with E-state index in [1.165, 1.54) is 0 Å². The van der Waals surface area contributed by atoms with Crippen molar-refractivity contribution in [3.05, 3.63) is 100 Å². The third-order valence-corrected chi connectivity index (χ3v) is 5.11. The van der Waals surface area contributed by atoms with Gasteiger partial charge in [0.2, 0.25) is 0 Å². The maximum Gasteiger partial charge on any atom is 0.345 e. The molecule has 0 aliphatic carbocycles. The number of benzene rings is 2. The summed E-state index contributed by atoms with van der Waals surface area (Å²) in [5.74, 6) is -0.140. The van der Waals surface area contributed by atoms with Gasteiger partial charge in [0.1, 0.15) is 5.58 Å². The van der Waals surface area contributed by atoms with Gasteiger partial charge in [0, 0.05) is 36.4 Å². The zero-order chi connectivity index (χ0) is 22.0. The molecule has 0 saturated carbocycles. The van der Waals surface area contributed by atoms with Crippen LogP contribution in [0, 0.1) is 6.92 Å². The second kappa shape index (κ2) is 8.40. The Morgan fingerprint density at radius 1 is 1.00 bits per heavy atom. The zero-order valence-corrected chi connectivity index (χ0v) is 17.6. The van der Waals surface area contributed by atoms with Gasteiger partial charge in [-0.15, -0.1) is 0 Å². The summed E-state index contributed by atoms with van der Waals surface area (Å²) in [5, 5.41) is 0.819. The number of aromatic nitrogens is 1. The van der Waals surface area contributed by atoms with E-state index in [1.807, 2.05) is 61.5 Å². The van der Waals surface area contributed by atoms with E-state index in [9.17, 15) is 9.59 Å². The van der Waals surface area contributed by atoms with Crippen molar-refractivity contribution in [2.45, 2.75) is 6.92 Å². The van der Waals surface area contributed by atoms with E-state index in [4.69, 9.17) is 4.42 Å². The fourth-order valence-electron chi connectivity index (χ4n) is 3.36. The molecule has 0 aliphatic rings. The largest absolute Gasteiger partial charge is 0.422 e. The Labute approximate surface area is 180 Å². The number of carbonyl (C=O) groups is 1. The average Bonchev–Trinajstić information content (AvgIpc) is 2.77. The molecule has 0 bridgehead atoms. The van der Waals surface area contributed by atoms with Gasteiger partial charge in [0.25, 0.3) is 0 Å². The van der Waals surface area contributed by atoms with Gasteiger partial charge in [-0.25, -0.2) is 4.79 Å². The Morgan fingerprint density at radius 2 is 1.74 bits per heavy atom. The minimum Gasteiger partial charge on any atom is -0.422 e. The SMILES string of the molecule is Cc1nc(-c2cc3ccccc3oc2=O)ccc1C(=O)/C=C/c1ccc(N(C)C)cc1. The molecule has 2 aromatic heterocycles. The maximum absolute atomic E-state index is 12.7. The van der Waals surface area contributed by atoms with Gasteiger partial charge in [0.15, 0.2) is 5.78 Å². The third kappa shape index (κ3) is 4.31. The van der Waals surface area contributed by atoms with Gasteiger partial charge in [0.05, 0.1) is 11.3 Å². The molecule has 0 N–H and O–H groups in total. The molecule has 0 radical (unpaired) electrons. The van der Waals surface area contributed by atoms with E-state index in [-0.39, 0.29) is 5.78 Å². The highest BCUT2D eigenvalue weighted by atomic mass is 16.4. The zero-order valence-electron chi connectivity index (χ0n) is 17.6. The number of carbonyl (C=O) groups excluding carboxylic acids is 1. The van der Waals surface area contributed by atoms with Gasteiger partial charge >= 0.3 is 5.63 Å². The van der Waals surface area contributed by atoms with Crippen molar-refractivity contribution < 1.29 is 9.21 Å². The molecule has 154 valence electrons. The molecular weight excluding hydrogens is 388 g/mol. The lowest BCUT2D eigenvalue weighted by molar-refractivity contribution is 0.104. The summed E-state index contributed by atoms with van der Waals surface area (Å²) in [6, 6.07) is 20.4. The topological polar surface area (TPSA) is 63.4 Å². The minimum atomic E-state index is -0.453. The molecule has 31 heavy (non-hydrogen) atoms. The van der Waals surface area contributed by atoms with E-state index in [2.05, 4.69) is 4.98 Å². The summed E-state index contributed by atoms with van der Waals surface area (Å²) in [7, 11) is 3.96. The van der Waals surface area contributed by atoms with Crippen LogP contribution in [0.5, 0.6) is 0 Å². The number of pyridine rings is 1. The third-order valence-electron chi connectivity index (χ3n) is 5.11. The first-order valence-electron chi connectivity index (χ1n) is 9.93. The van der Waals surface area contributed by atoms with Crippen molar-refractivity contribution in [2.75, 3.05) is 19.0 Å². The molecule has 0 spiro atoms. The first-order valence-corrected chi connectivity index (χ1v) is 9.93.